The van der Waals surface area contributed by atoms with Gasteiger partial charge in [0.2, 0.25) is 10.0 Å². The van der Waals surface area contributed by atoms with E-state index in [4.69, 9.17) is 5.11 Å². The Labute approximate surface area is 105 Å². The number of sulfonamides is 1. The molecule has 0 saturated carbocycles. The second-order valence-electron chi connectivity index (χ2n) is 3.86. The number of carbonyl (C=O) groups is 1. The highest BCUT2D eigenvalue weighted by Gasteiger charge is 2.17. The zero-order valence-electron chi connectivity index (χ0n) is 9.76. The lowest BCUT2D eigenvalue weighted by Crippen LogP contribution is -2.30. The smallest absolute Gasteiger partial charge is 0.304 e. The zero-order valence-corrected chi connectivity index (χ0v) is 10.6. The maximum absolute atomic E-state index is 13.0. The van der Waals surface area contributed by atoms with Crippen LogP contribution in [0.3, 0.4) is 0 Å². The fourth-order valence-electron chi connectivity index (χ4n) is 1.39. The van der Waals surface area contributed by atoms with E-state index in [0.717, 1.165) is 0 Å². The second-order valence-corrected chi connectivity index (χ2v) is 5.73. The zero-order chi connectivity index (χ0) is 13.8. The molecular weight excluding hydrogens is 261 g/mol. The van der Waals surface area contributed by atoms with Gasteiger partial charge in [-0.25, -0.2) is 17.5 Å². The molecule has 0 fully saturated rings. The van der Waals surface area contributed by atoms with E-state index in [1.165, 1.54) is 18.2 Å². The highest BCUT2D eigenvalue weighted by molar-refractivity contribution is 7.89. The van der Waals surface area contributed by atoms with Gasteiger partial charge in [-0.1, -0.05) is 12.1 Å². The summed E-state index contributed by atoms with van der Waals surface area (Å²) in [5.74, 6) is -2.13. The van der Waals surface area contributed by atoms with Crippen molar-refractivity contribution in [3.05, 3.63) is 35.6 Å². The minimum Gasteiger partial charge on any atom is -0.481 e. The number of aliphatic carboxylic acids is 1. The fraction of sp³-hybridized carbons (Fsp3) is 0.364. The molecule has 1 aromatic rings. The van der Waals surface area contributed by atoms with Crippen molar-refractivity contribution in [3.8, 4) is 0 Å². The first-order valence-corrected chi connectivity index (χ1v) is 6.92. The largest absolute Gasteiger partial charge is 0.481 e. The van der Waals surface area contributed by atoms with E-state index in [0.29, 0.717) is 5.56 Å². The van der Waals surface area contributed by atoms with Crippen LogP contribution >= 0.6 is 0 Å². The van der Waals surface area contributed by atoms with Crippen LogP contribution in [0.15, 0.2) is 24.3 Å². The second kappa shape index (κ2) is 5.92. The van der Waals surface area contributed by atoms with Crippen LogP contribution < -0.4 is 4.72 Å². The summed E-state index contributed by atoms with van der Waals surface area (Å²) in [5, 5.41) is 8.42. The molecule has 2 N–H and O–H groups in total. The number of hydrogen-bond acceptors (Lipinski definition) is 3. The maximum atomic E-state index is 13.0. The first-order valence-electron chi connectivity index (χ1n) is 5.27. The van der Waals surface area contributed by atoms with Crippen molar-refractivity contribution in [1.82, 2.24) is 4.72 Å². The van der Waals surface area contributed by atoms with E-state index >= 15 is 0 Å². The Morgan fingerprint density at radius 2 is 2.17 bits per heavy atom. The standard InChI is InChI=1S/C11H14FNO4S/c1-8(9-3-2-4-10(12)7-9)13-18(16,17)6-5-11(14)15/h2-4,7-8,13H,5-6H2,1H3,(H,14,15)/t8-/m1/s1. The molecule has 100 valence electrons. The van der Waals surface area contributed by atoms with Gasteiger partial charge in [-0.2, -0.15) is 0 Å². The van der Waals surface area contributed by atoms with Crippen molar-refractivity contribution >= 4 is 16.0 Å². The predicted octanol–water partition coefficient (Wildman–Crippen LogP) is 1.28. The molecule has 0 radical (unpaired) electrons. The summed E-state index contributed by atoms with van der Waals surface area (Å²) in [7, 11) is -3.69. The summed E-state index contributed by atoms with van der Waals surface area (Å²) in [6.45, 7) is 1.56. The molecule has 5 nitrogen and oxygen atoms in total. The SMILES string of the molecule is C[C@@H](NS(=O)(=O)CCC(=O)O)c1cccc(F)c1. The number of hydrogen-bond donors (Lipinski definition) is 2. The number of carboxylic acids is 1. The molecule has 0 bridgehead atoms. The van der Waals surface area contributed by atoms with Gasteiger partial charge in [0.15, 0.2) is 0 Å². The number of rotatable bonds is 6. The Morgan fingerprint density at radius 1 is 1.50 bits per heavy atom. The monoisotopic (exact) mass is 275 g/mol. The van der Waals surface area contributed by atoms with Gasteiger partial charge < -0.3 is 5.11 Å². The Balaban J connectivity index is 2.69. The van der Waals surface area contributed by atoms with Crippen molar-refractivity contribution in [2.24, 2.45) is 0 Å². The van der Waals surface area contributed by atoms with E-state index in [1.54, 1.807) is 13.0 Å². The van der Waals surface area contributed by atoms with Crippen LogP contribution in [-0.4, -0.2) is 25.2 Å². The van der Waals surface area contributed by atoms with Crippen LogP contribution in [0, 0.1) is 5.82 Å². The molecule has 0 saturated heterocycles. The summed E-state index contributed by atoms with van der Waals surface area (Å²) in [6, 6.07) is 4.94. The van der Waals surface area contributed by atoms with Crippen LogP contribution in [0.4, 0.5) is 4.39 Å². The molecule has 1 atom stereocenters. The lowest BCUT2D eigenvalue weighted by Gasteiger charge is -2.14. The van der Waals surface area contributed by atoms with Crippen molar-refractivity contribution in [2.45, 2.75) is 19.4 Å². The molecule has 0 amide bonds. The molecule has 0 aromatic heterocycles. The molecule has 0 heterocycles. The molecule has 0 aliphatic heterocycles. The summed E-state index contributed by atoms with van der Waals surface area (Å²) >= 11 is 0. The number of halogens is 1. The normalized spacial score (nSPS) is 13.2. The Bertz CT molecular complexity index is 530. The van der Waals surface area contributed by atoms with Crippen molar-refractivity contribution < 1.29 is 22.7 Å². The van der Waals surface area contributed by atoms with Gasteiger partial charge >= 0.3 is 5.97 Å². The highest BCUT2D eigenvalue weighted by Crippen LogP contribution is 2.14. The maximum Gasteiger partial charge on any atom is 0.304 e. The highest BCUT2D eigenvalue weighted by atomic mass is 32.2. The average molecular weight is 275 g/mol. The minimum absolute atomic E-state index is 0.455. The van der Waals surface area contributed by atoms with E-state index in [9.17, 15) is 17.6 Å². The summed E-state index contributed by atoms with van der Waals surface area (Å²) in [5.41, 5.74) is 0.480. The van der Waals surface area contributed by atoms with E-state index < -0.39 is 40.0 Å². The van der Waals surface area contributed by atoms with Crippen molar-refractivity contribution in [1.29, 1.82) is 0 Å². The lowest BCUT2D eigenvalue weighted by atomic mass is 10.1. The summed E-state index contributed by atoms with van der Waals surface area (Å²) < 4.78 is 38.3. The molecule has 0 aliphatic rings. The summed E-state index contributed by atoms with van der Waals surface area (Å²) in [6.07, 6.45) is -0.467. The minimum atomic E-state index is -3.69. The van der Waals surface area contributed by atoms with Crippen LogP contribution in [0.25, 0.3) is 0 Å². The first kappa shape index (κ1) is 14.6. The van der Waals surface area contributed by atoms with Crippen LogP contribution in [0.2, 0.25) is 0 Å². The van der Waals surface area contributed by atoms with Gasteiger partial charge in [-0.3, -0.25) is 4.79 Å². The van der Waals surface area contributed by atoms with Gasteiger partial charge in [0.25, 0.3) is 0 Å². The molecule has 0 unspecified atom stereocenters. The Hall–Kier alpha value is -1.47. The third-order valence-electron chi connectivity index (χ3n) is 2.29. The van der Waals surface area contributed by atoms with E-state index in [1.807, 2.05) is 0 Å². The van der Waals surface area contributed by atoms with Gasteiger partial charge in [-0.15, -0.1) is 0 Å². The van der Waals surface area contributed by atoms with Gasteiger partial charge in [0.1, 0.15) is 5.82 Å². The molecule has 1 aromatic carbocycles. The van der Waals surface area contributed by atoms with E-state index in [2.05, 4.69) is 4.72 Å². The fourth-order valence-corrected chi connectivity index (χ4v) is 2.63. The third-order valence-corrected chi connectivity index (χ3v) is 3.74. The molecule has 0 aliphatic carbocycles. The number of carboxylic acid groups (broad SMARTS) is 1. The Kier molecular flexibility index (Phi) is 4.80. The van der Waals surface area contributed by atoms with Crippen LogP contribution in [0.1, 0.15) is 24.9 Å². The average Bonchev–Trinajstić information content (AvgIpc) is 2.26. The Morgan fingerprint density at radius 3 is 2.72 bits per heavy atom. The number of benzene rings is 1. The quantitative estimate of drug-likeness (QED) is 0.819. The lowest BCUT2D eigenvalue weighted by molar-refractivity contribution is -0.136. The third kappa shape index (κ3) is 4.80. The molecule has 18 heavy (non-hydrogen) atoms. The molecule has 1 rings (SSSR count). The molecule has 7 heteroatoms. The molecular formula is C11H14FNO4S. The van der Waals surface area contributed by atoms with Gasteiger partial charge in [0, 0.05) is 6.04 Å². The summed E-state index contributed by atoms with van der Waals surface area (Å²) in [4.78, 5) is 10.3. The van der Waals surface area contributed by atoms with Crippen LogP contribution in [-0.2, 0) is 14.8 Å². The van der Waals surface area contributed by atoms with E-state index in [-0.39, 0.29) is 0 Å². The van der Waals surface area contributed by atoms with Crippen LogP contribution in [0.5, 0.6) is 0 Å². The predicted molar refractivity (Wildman–Crippen MR) is 64.0 cm³/mol. The van der Waals surface area contributed by atoms with Crippen molar-refractivity contribution in [3.63, 3.8) is 0 Å². The first-order chi connectivity index (χ1) is 8.30. The van der Waals surface area contributed by atoms with Gasteiger partial charge in [0.05, 0.1) is 12.2 Å². The van der Waals surface area contributed by atoms with Crippen molar-refractivity contribution in [2.75, 3.05) is 5.75 Å². The molecule has 0 spiro atoms. The van der Waals surface area contributed by atoms with Gasteiger partial charge in [-0.05, 0) is 24.6 Å². The number of nitrogens with one attached hydrogen (secondary N) is 1. The topological polar surface area (TPSA) is 83.5 Å².